The zero-order valence-electron chi connectivity index (χ0n) is 9.51. The summed E-state index contributed by atoms with van der Waals surface area (Å²) in [6.45, 7) is 0. The maximum atomic E-state index is 11.1. The van der Waals surface area contributed by atoms with Gasteiger partial charge in [-0.15, -0.1) is 0 Å². The number of halogens is 1. The van der Waals surface area contributed by atoms with Crippen LogP contribution in [0, 0.1) is 0 Å². The molecule has 0 bridgehead atoms. The maximum Gasteiger partial charge on any atom is 0.163 e. The van der Waals surface area contributed by atoms with Crippen LogP contribution in [0.25, 0.3) is 0 Å². The Balaban J connectivity index is 2.75. The summed E-state index contributed by atoms with van der Waals surface area (Å²) in [5.74, 6) is 4.05. The van der Waals surface area contributed by atoms with Crippen LogP contribution in [-0.2, 0) is 14.4 Å². The molecule has 1 aliphatic rings. The fourth-order valence-corrected chi connectivity index (χ4v) is 2.12. The third-order valence-corrected chi connectivity index (χ3v) is 3.00. The number of aliphatic imine (C=N–C) groups is 1. The highest BCUT2D eigenvalue weighted by molar-refractivity contribution is 6.71. The number of benzene rings is 1. The Hall–Kier alpha value is -2.47. The number of hydrogen-bond acceptors (Lipinski definition) is 4. The van der Waals surface area contributed by atoms with E-state index in [0.717, 1.165) is 0 Å². The summed E-state index contributed by atoms with van der Waals surface area (Å²) in [6, 6.07) is 8.68. The topological polar surface area (TPSA) is 63.6 Å². The van der Waals surface area contributed by atoms with Crippen molar-refractivity contribution in [2.45, 2.75) is 5.92 Å². The normalized spacial score (nSPS) is 18.3. The fraction of sp³-hybridized carbons (Fsp3) is 0.0714. The van der Waals surface area contributed by atoms with E-state index < -0.39 is 5.92 Å². The summed E-state index contributed by atoms with van der Waals surface area (Å²) in [4.78, 5) is 36.6. The molecule has 0 radical (unpaired) electrons. The molecule has 0 aromatic heterocycles. The van der Waals surface area contributed by atoms with E-state index in [9.17, 15) is 14.4 Å². The Morgan fingerprint density at radius 1 is 0.947 bits per heavy atom. The van der Waals surface area contributed by atoms with Crippen molar-refractivity contribution in [3.63, 3.8) is 0 Å². The van der Waals surface area contributed by atoms with Crippen molar-refractivity contribution in [1.82, 2.24) is 0 Å². The van der Waals surface area contributed by atoms with Gasteiger partial charge in [-0.3, -0.25) is 0 Å². The minimum atomic E-state index is -0.794. The number of nitrogens with zero attached hydrogens (tertiary/aromatic N) is 1. The number of rotatable bonds is 1. The molecular weight excluding hydrogens is 266 g/mol. The average Bonchev–Trinajstić information content (AvgIpc) is 2.46. The van der Waals surface area contributed by atoms with E-state index in [0.29, 0.717) is 5.56 Å². The molecule has 0 N–H and O–H groups in total. The van der Waals surface area contributed by atoms with E-state index in [-0.39, 0.29) is 22.0 Å². The van der Waals surface area contributed by atoms with Crippen molar-refractivity contribution >= 4 is 34.6 Å². The van der Waals surface area contributed by atoms with Gasteiger partial charge in [-0.05, 0) is 5.56 Å². The molecule has 1 atom stereocenters. The quantitative estimate of drug-likeness (QED) is 0.730. The third-order valence-electron chi connectivity index (χ3n) is 2.71. The van der Waals surface area contributed by atoms with Crippen LogP contribution < -0.4 is 0 Å². The van der Waals surface area contributed by atoms with E-state index >= 15 is 0 Å². The predicted molar refractivity (Wildman–Crippen MR) is 70.1 cm³/mol. The van der Waals surface area contributed by atoms with Crippen LogP contribution in [-0.4, -0.2) is 23.0 Å². The molecule has 0 fully saturated rings. The maximum absolute atomic E-state index is 11.1. The van der Waals surface area contributed by atoms with Crippen molar-refractivity contribution in [1.29, 1.82) is 0 Å². The van der Waals surface area contributed by atoms with Gasteiger partial charge in [0, 0.05) is 0 Å². The van der Waals surface area contributed by atoms with Crippen LogP contribution in [0.3, 0.4) is 0 Å². The molecule has 1 aliphatic heterocycles. The van der Waals surface area contributed by atoms with Crippen molar-refractivity contribution < 1.29 is 14.4 Å². The summed E-state index contributed by atoms with van der Waals surface area (Å²) in [7, 11) is 0. The molecule has 5 heteroatoms. The molecule has 0 saturated heterocycles. The lowest BCUT2D eigenvalue weighted by atomic mass is 9.83. The second-order valence-corrected chi connectivity index (χ2v) is 4.09. The van der Waals surface area contributed by atoms with E-state index in [1.54, 1.807) is 42.2 Å². The molecule has 1 aromatic rings. The Bertz CT molecular complexity index is 701. The van der Waals surface area contributed by atoms with Gasteiger partial charge in [0.05, 0.1) is 17.1 Å². The highest BCUT2D eigenvalue weighted by Crippen LogP contribution is 2.38. The third kappa shape index (κ3) is 2.25. The molecule has 0 spiro atoms. The number of carbonyl (C=O) groups excluding carboxylic acids is 3. The van der Waals surface area contributed by atoms with Crippen LogP contribution in [0.4, 0.5) is 0 Å². The van der Waals surface area contributed by atoms with Gasteiger partial charge in [0.2, 0.25) is 0 Å². The molecule has 1 unspecified atom stereocenters. The van der Waals surface area contributed by atoms with Gasteiger partial charge in [-0.2, -0.15) is 0 Å². The van der Waals surface area contributed by atoms with Crippen LogP contribution in [0.1, 0.15) is 11.5 Å². The van der Waals surface area contributed by atoms with Gasteiger partial charge in [0.1, 0.15) is 17.1 Å². The minimum Gasteiger partial charge on any atom is -0.233 e. The molecule has 0 saturated carbocycles. The first-order valence-electron chi connectivity index (χ1n) is 5.28. The van der Waals surface area contributed by atoms with Gasteiger partial charge in [-0.1, -0.05) is 41.9 Å². The second-order valence-electron chi connectivity index (χ2n) is 3.73. The van der Waals surface area contributed by atoms with Crippen molar-refractivity contribution in [3.05, 3.63) is 52.7 Å². The molecule has 1 heterocycles. The van der Waals surface area contributed by atoms with Crippen LogP contribution in [0.5, 0.6) is 0 Å². The van der Waals surface area contributed by atoms with E-state index in [1.807, 2.05) is 0 Å². The van der Waals surface area contributed by atoms with Crippen molar-refractivity contribution in [3.8, 4) is 0 Å². The SMILES string of the molecule is O=C=C1N=C(Cl)C(=C=O)C(c2ccccc2)C1=C=O. The highest BCUT2D eigenvalue weighted by Gasteiger charge is 2.33. The molecular formula is C14H6ClNO3. The lowest BCUT2D eigenvalue weighted by molar-refractivity contribution is 0.561. The number of hydrogen-bond donors (Lipinski definition) is 0. The Labute approximate surface area is 113 Å². The Kier molecular flexibility index (Phi) is 3.72. The first-order valence-corrected chi connectivity index (χ1v) is 5.65. The lowest BCUT2D eigenvalue weighted by Crippen LogP contribution is -2.18. The second kappa shape index (κ2) is 5.45. The summed E-state index contributed by atoms with van der Waals surface area (Å²) in [5, 5.41) is -0.166. The van der Waals surface area contributed by atoms with Crippen molar-refractivity contribution in [2.24, 2.45) is 4.99 Å². The standard InChI is InChI=1S/C14H6ClNO3/c15-14-11(7-18)13(9-4-2-1-3-5-9)10(6-17)12(8-19)16-14/h1-5,13H. The molecule has 2 rings (SSSR count). The lowest BCUT2D eigenvalue weighted by Gasteiger charge is -2.21. The minimum absolute atomic E-state index is 0.00483. The highest BCUT2D eigenvalue weighted by atomic mass is 35.5. The van der Waals surface area contributed by atoms with Crippen molar-refractivity contribution in [2.75, 3.05) is 0 Å². The summed E-state index contributed by atoms with van der Waals surface area (Å²) in [6.07, 6.45) is 0. The smallest absolute Gasteiger partial charge is 0.163 e. The molecule has 4 nitrogen and oxygen atoms in total. The zero-order valence-corrected chi connectivity index (χ0v) is 10.3. The van der Waals surface area contributed by atoms with Gasteiger partial charge >= 0.3 is 0 Å². The van der Waals surface area contributed by atoms with Crippen LogP contribution >= 0.6 is 11.6 Å². The van der Waals surface area contributed by atoms with Gasteiger partial charge < -0.3 is 0 Å². The first-order chi connectivity index (χ1) is 9.22. The summed E-state index contributed by atoms with van der Waals surface area (Å²) >= 11 is 5.83. The van der Waals surface area contributed by atoms with Gasteiger partial charge in [-0.25, -0.2) is 19.4 Å². The van der Waals surface area contributed by atoms with E-state index in [2.05, 4.69) is 4.99 Å². The molecule has 0 amide bonds. The summed E-state index contributed by atoms with van der Waals surface area (Å²) in [5.41, 5.74) is 0.321. The predicted octanol–water partition coefficient (Wildman–Crippen LogP) is 1.65. The molecule has 1 aromatic carbocycles. The van der Waals surface area contributed by atoms with E-state index in [1.165, 1.54) is 5.94 Å². The first kappa shape index (κ1) is 13.0. The van der Waals surface area contributed by atoms with Crippen LogP contribution in [0.2, 0.25) is 0 Å². The molecule has 0 aliphatic carbocycles. The monoisotopic (exact) mass is 271 g/mol. The Morgan fingerprint density at radius 3 is 2.11 bits per heavy atom. The molecule has 92 valence electrons. The fourth-order valence-electron chi connectivity index (χ4n) is 1.88. The zero-order chi connectivity index (χ0) is 13.8. The number of allylic oxidation sites excluding steroid dienone is 2. The van der Waals surface area contributed by atoms with E-state index in [4.69, 9.17) is 11.6 Å². The van der Waals surface area contributed by atoms with Gasteiger partial charge in [0.15, 0.2) is 11.6 Å². The largest absolute Gasteiger partial charge is 0.233 e. The van der Waals surface area contributed by atoms with Crippen LogP contribution in [0.15, 0.2) is 52.2 Å². The Morgan fingerprint density at radius 2 is 1.58 bits per heavy atom. The average molecular weight is 272 g/mol. The van der Waals surface area contributed by atoms with Gasteiger partial charge in [0.25, 0.3) is 0 Å². The molecule has 19 heavy (non-hydrogen) atoms. The summed E-state index contributed by atoms with van der Waals surface area (Å²) < 4.78 is 0.